The number of aromatic nitrogens is 2. The van der Waals surface area contributed by atoms with Crippen molar-refractivity contribution < 1.29 is 0 Å². The van der Waals surface area contributed by atoms with Crippen molar-refractivity contribution in [3.05, 3.63) is 40.6 Å². The van der Waals surface area contributed by atoms with Gasteiger partial charge in [0.05, 0.1) is 11.7 Å². The van der Waals surface area contributed by atoms with Crippen LogP contribution in [0.25, 0.3) is 11.4 Å². The zero-order valence-electron chi connectivity index (χ0n) is 15.3. The Labute approximate surface area is 158 Å². The Bertz CT molecular complexity index is 689. The number of piperazine rings is 1. The van der Waals surface area contributed by atoms with Gasteiger partial charge in [0.25, 0.3) is 0 Å². The minimum Gasteiger partial charge on any atom is -0.329 e. The van der Waals surface area contributed by atoms with Crippen LogP contribution >= 0.6 is 15.9 Å². The van der Waals surface area contributed by atoms with Gasteiger partial charge in [0.2, 0.25) is 0 Å². The van der Waals surface area contributed by atoms with E-state index in [0.29, 0.717) is 12.6 Å². The Balaban J connectivity index is 1.85. The molecule has 0 bridgehead atoms. The maximum Gasteiger partial charge on any atom is 0.140 e. The van der Waals surface area contributed by atoms with E-state index in [1.54, 1.807) is 0 Å². The molecule has 0 spiro atoms. The van der Waals surface area contributed by atoms with Crippen LogP contribution in [-0.4, -0.2) is 58.1 Å². The van der Waals surface area contributed by atoms with Gasteiger partial charge in [0, 0.05) is 51.4 Å². The van der Waals surface area contributed by atoms with Gasteiger partial charge in [-0.1, -0.05) is 30.3 Å². The van der Waals surface area contributed by atoms with E-state index in [2.05, 4.69) is 56.3 Å². The molecule has 3 rings (SSSR count). The SMILES string of the molecule is CC(C)N1CCN(C(CN)c2nc(-c3ccccc3)n(C)c2Br)CC1. The van der Waals surface area contributed by atoms with Crippen molar-refractivity contribution in [3.8, 4) is 11.4 Å². The third-order valence-electron chi connectivity index (χ3n) is 5.14. The first-order valence-corrected chi connectivity index (χ1v) is 9.78. The lowest BCUT2D eigenvalue weighted by Gasteiger charge is -2.40. The van der Waals surface area contributed by atoms with Crippen LogP contribution in [-0.2, 0) is 7.05 Å². The smallest absolute Gasteiger partial charge is 0.140 e. The average Bonchev–Trinajstić information content (AvgIpc) is 2.93. The van der Waals surface area contributed by atoms with Crippen molar-refractivity contribution in [2.75, 3.05) is 32.7 Å². The Morgan fingerprint density at radius 1 is 1.08 bits per heavy atom. The number of hydrogen-bond donors (Lipinski definition) is 1. The summed E-state index contributed by atoms with van der Waals surface area (Å²) in [6, 6.07) is 11.1. The van der Waals surface area contributed by atoms with Crippen LogP contribution in [0.4, 0.5) is 0 Å². The van der Waals surface area contributed by atoms with Crippen LogP contribution in [0.1, 0.15) is 25.6 Å². The van der Waals surface area contributed by atoms with Crippen LogP contribution in [0.2, 0.25) is 0 Å². The molecule has 1 fully saturated rings. The fraction of sp³-hybridized carbons (Fsp3) is 0.526. The summed E-state index contributed by atoms with van der Waals surface area (Å²) < 4.78 is 3.13. The highest BCUT2D eigenvalue weighted by Crippen LogP contribution is 2.31. The maximum absolute atomic E-state index is 6.17. The molecule has 0 amide bonds. The second-order valence-electron chi connectivity index (χ2n) is 6.95. The summed E-state index contributed by atoms with van der Waals surface area (Å²) in [4.78, 5) is 9.95. The van der Waals surface area contributed by atoms with Gasteiger partial charge < -0.3 is 10.3 Å². The molecular formula is C19H28BrN5. The highest BCUT2D eigenvalue weighted by molar-refractivity contribution is 9.10. The molecule has 2 heterocycles. The summed E-state index contributed by atoms with van der Waals surface area (Å²) in [5.74, 6) is 0.974. The van der Waals surface area contributed by atoms with E-state index in [-0.39, 0.29) is 6.04 Å². The minimum absolute atomic E-state index is 0.146. The number of benzene rings is 1. The van der Waals surface area contributed by atoms with E-state index in [4.69, 9.17) is 10.7 Å². The zero-order chi connectivity index (χ0) is 18.0. The number of imidazole rings is 1. The van der Waals surface area contributed by atoms with Crippen molar-refractivity contribution in [2.45, 2.75) is 25.9 Å². The number of rotatable bonds is 5. The molecule has 1 saturated heterocycles. The van der Waals surface area contributed by atoms with Crippen molar-refractivity contribution in [1.82, 2.24) is 19.4 Å². The second-order valence-corrected chi connectivity index (χ2v) is 7.70. The summed E-state index contributed by atoms with van der Waals surface area (Å²) >= 11 is 3.75. The molecule has 0 radical (unpaired) electrons. The lowest BCUT2D eigenvalue weighted by atomic mass is 10.1. The molecule has 136 valence electrons. The summed E-state index contributed by atoms with van der Waals surface area (Å²) in [7, 11) is 2.05. The Kier molecular flexibility index (Phi) is 5.94. The number of nitrogens with zero attached hydrogens (tertiary/aromatic N) is 4. The van der Waals surface area contributed by atoms with Gasteiger partial charge in [-0.05, 0) is 29.8 Å². The van der Waals surface area contributed by atoms with Crippen molar-refractivity contribution in [3.63, 3.8) is 0 Å². The topological polar surface area (TPSA) is 50.3 Å². The fourth-order valence-corrected chi connectivity index (χ4v) is 4.08. The van der Waals surface area contributed by atoms with E-state index < -0.39 is 0 Å². The van der Waals surface area contributed by atoms with E-state index in [9.17, 15) is 0 Å². The Morgan fingerprint density at radius 2 is 1.68 bits per heavy atom. The first kappa shape index (κ1) is 18.6. The molecule has 0 saturated carbocycles. The van der Waals surface area contributed by atoms with Crippen LogP contribution in [0.15, 0.2) is 34.9 Å². The second kappa shape index (κ2) is 7.99. The van der Waals surface area contributed by atoms with Gasteiger partial charge in [-0.3, -0.25) is 9.80 Å². The van der Waals surface area contributed by atoms with E-state index in [1.165, 1.54) is 0 Å². The van der Waals surface area contributed by atoms with Gasteiger partial charge in [-0.2, -0.15) is 0 Å². The van der Waals surface area contributed by atoms with Crippen LogP contribution in [0.3, 0.4) is 0 Å². The molecule has 5 nitrogen and oxygen atoms in total. The molecule has 1 aliphatic heterocycles. The lowest BCUT2D eigenvalue weighted by molar-refractivity contribution is 0.0788. The average molecular weight is 406 g/mol. The zero-order valence-corrected chi connectivity index (χ0v) is 16.9. The first-order chi connectivity index (χ1) is 12.0. The molecule has 6 heteroatoms. The molecule has 25 heavy (non-hydrogen) atoms. The quantitative estimate of drug-likeness (QED) is 0.830. The summed E-state index contributed by atoms with van der Waals surface area (Å²) in [6.07, 6.45) is 0. The largest absolute Gasteiger partial charge is 0.329 e. The van der Waals surface area contributed by atoms with Gasteiger partial charge in [-0.25, -0.2) is 4.98 Å². The van der Waals surface area contributed by atoms with E-state index in [0.717, 1.165) is 47.9 Å². The normalized spacial score (nSPS) is 18.0. The fourth-order valence-electron chi connectivity index (χ4n) is 3.56. The number of hydrogen-bond acceptors (Lipinski definition) is 4. The van der Waals surface area contributed by atoms with E-state index in [1.807, 2.05) is 25.2 Å². The Morgan fingerprint density at radius 3 is 2.24 bits per heavy atom. The summed E-state index contributed by atoms with van der Waals surface area (Å²) in [6.45, 7) is 9.34. The van der Waals surface area contributed by atoms with Gasteiger partial charge in [0.15, 0.2) is 0 Å². The number of halogens is 1. The van der Waals surface area contributed by atoms with Gasteiger partial charge >= 0.3 is 0 Å². The van der Waals surface area contributed by atoms with Gasteiger partial charge in [0.1, 0.15) is 10.4 Å². The predicted molar refractivity (Wildman–Crippen MR) is 106 cm³/mol. The first-order valence-electron chi connectivity index (χ1n) is 8.98. The Hall–Kier alpha value is -1.21. The molecule has 1 atom stereocenters. The van der Waals surface area contributed by atoms with Crippen molar-refractivity contribution in [2.24, 2.45) is 12.8 Å². The number of nitrogens with two attached hydrogens (primary N) is 1. The van der Waals surface area contributed by atoms with Crippen LogP contribution in [0, 0.1) is 0 Å². The molecule has 2 aromatic rings. The predicted octanol–water partition coefficient (Wildman–Crippen LogP) is 2.88. The molecule has 0 aliphatic carbocycles. The molecule has 1 aliphatic rings. The van der Waals surface area contributed by atoms with Crippen molar-refractivity contribution >= 4 is 15.9 Å². The summed E-state index contributed by atoms with van der Waals surface area (Å²) in [5.41, 5.74) is 8.34. The highest BCUT2D eigenvalue weighted by atomic mass is 79.9. The molecule has 1 aromatic heterocycles. The molecule has 2 N–H and O–H groups in total. The third kappa shape index (κ3) is 3.82. The molecule has 1 unspecified atom stereocenters. The van der Waals surface area contributed by atoms with Crippen LogP contribution in [0.5, 0.6) is 0 Å². The highest BCUT2D eigenvalue weighted by Gasteiger charge is 2.29. The lowest BCUT2D eigenvalue weighted by Crippen LogP contribution is -2.51. The summed E-state index contributed by atoms with van der Waals surface area (Å²) in [5, 5.41) is 0. The maximum atomic E-state index is 6.17. The van der Waals surface area contributed by atoms with Gasteiger partial charge in [-0.15, -0.1) is 0 Å². The standard InChI is InChI=1S/C19H28BrN5/c1-14(2)24-9-11-25(12-10-24)16(13-21)17-18(20)23(3)19(22-17)15-7-5-4-6-8-15/h4-8,14,16H,9-13,21H2,1-3H3. The molecular weight excluding hydrogens is 378 g/mol. The minimum atomic E-state index is 0.146. The van der Waals surface area contributed by atoms with Crippen LogP contribution < -0.4 is 5.73 Å². The molecule has 1 aromatic carbocycles. The van der Waals surface area contributed by atoms with Crippen molar-refractivity contribution in [1.29, 1.82) is 0 Å². The third-order valence-corrected chi connectivity index (χ3v) is 6.08. The van der Waals surface area contributed by atoms with E-state index >= 15 is 0 Å². The monoisotopic (exact) mass is 405 g/mol.